The number of hydrogen-bond donors (Lipinski definition) is 2. The lowest BCUT2D eigenvalue weighted by Crippen LogP contribution is -2.28. The number of hydrogen-bond acceptors (Lipinski definition) is 4. The molecule has 1 aromatic heterocycles. The van der Waals surface area contributed by atoms with Crippen molar-refractivity contribution in [3.8, 4) is 5.88 Å². The summed E-state index contributed by atoms with van der Waals surface area (Å²) < 4.78 is 0.670. The van der Waals surface area contributed by atoms with Crippen LogP contribution in [0.15, 0.2) is 53.3 Å². The number of rotatable bonds is 3. The zero-order valence-corrected chi connectivity index (χ0v) is 13.4. The number of fused-ring (bicyclic) bond motifs is 1. The Balaban J connectivity index is 2.20. The number of aromatic hydroxyl groups is 1. The van der Waals surface area contributed by atoms with E-state index >= 15 is 0 Å². The normalized spacial score (nSPS) is 10.6. The molecule has 0 saturated carbocycles. The second-order valence-electron chi connectivity index (χ2n) is 4.96. The van der Waals surface area contributed by atoms with Gasteiger partial charge in [-0.3, -0.25) is 9.59 Å². The van der Waals surface area contributed by atoms with E-state index in [1.807, 2.05) is 0 Å². The van der Waals surface area contributed by atoms with Crippen LogP contribution in [0.3, 0.4) is 0 Å². The van der Waals surface area contributed by atoms with E-state index in [1.165, 1.54) is 7.11 Å². The van der Waals surface area contributed by atoms with Crippen LogP contribution in [0.25, 0.3) is 10.8 Å². The number of nitrogens with zero attached hydrogens (tertiary/aromatic N) is 1. The Morgan fingerprint density at radius 3 is 2.42 bits per heavy atom. The van der Waals surface area contributed by atoms with E-state index < -0.39 is 17.3 Å². The third-order valence-corrected chi connectivity index (χ3v) is 3.89. The number of benzene rings is 2. The Hall–Kier alpha value is -2.99. The highest BCUT2D eigenvalue weighted by Crippen LogP contribution is 2.27. The number of pyridine rings is 1. The molecule has 0 aliphatic carbocycles. The average molecular weight is 345 g/mol. The summed E-state index contributed by atoms with van der Waals surface area (Å²) in [5.41, 5.74) is -0.241. The average Bonchev–Trinajstić information content (AvgIpc) is 2.57. The van der Waals surface area contributed by atoms with Gasteiger partial charge in [0.05, 0.1) is 16.1 Å². The van der Waals surface area contributed by atoms with Crippen molar-refractivity contribution in [3.63, 3.8) is 0 Å². The van der Waals surface area contributed by atoms with Crippen molar-refractivity contribution in [1.82, 2.24) is 4.73 Å². The summed E-state index contributed by atoms with van der Waals surface area (Å²) in [5, 5.41) is 13.9. The van der Waals surface area contributed by atoms with E-state index in [0.29, 0.717) is 20.8 Å². The summed E-state index contributed by atoms with van der Waals surface area (Å²) in [5.74, 6) is -1.19. The Morgan fingerprint density at radius 2 is 1.75 bits per heavy atom. The van der Waals surface area contributed by atoms with Gasteiger partial charge in [-0.05, 0) is 18.2 Å². The lowest BCUT2D eigenvalue weighted by molar-refractivity contribution is 0.100. The zero-order chi connectivity index (χ0) is 17.3. The number of aromatic nitrogens is 1. The van der Waals surface area contributed by atoms with Gasteiger partial charge in [-0.1, -0.05) is 41.9 Å². The number of halogens is 1. The molecule has 6 nitrogen and oxygen atoms in total. The highest BCUT2D eigenvalue weighted by molar-refractivity contribution is 6.34. The molecule has 0 unspecified atom stereocenters. The van der Waals surface area contributed by atoms with Crippen LogP contribution in [0, 0.1) is 0 Å². The zero-order valence-electron chi connectivity index (χ0n) is 12.6. The second kappa shape index (κ2) is 6.25. The minimum Gasteiger partial charge on any atom is -0.492 e. The molecule has 0 aliphatic heterocycles. The first-order chi connectivity index (χ1) is 11.5. The van der Waals surface area contributed by atoms with E-state index in [2.05, 4.69) is 5.32 Å². The molecule has 0 atom stereocenters. The summed E-state index contributed by atoms with van der Waals surface area (Å²) in [7, 11) is 1.23. The SMILES string of the molecule is COn1c(O)c(C(=O)Nc2ccccc2Cl)c2ccccc2c1=O. The Bertz CT molecular complexity index is 998. The fourth-order valence-corrected chi connectivity index (χ4v) is 2.64. The van der Waals surface area contributed by atoms with Gasteiger partial charge in [-0.2, -0.15) is 0 Å². The van der Waals surface area contributed by atoms with Crippen LogP contribution in [0.5, 0.6) is 5.88 Å². The molecule has 7 heteroatoms. The first kappa shape index (κ1) is 15.9. The summed E-state index contributed by atoms with van der Waals surface area (Å²) in [4.78, 5) is 29.9. The molecule has 3 rings (SSSR count). The minimum absolute atomic E-state index is 0.0769. The Kier molecular flexibility index (Phi) is 4.14. The standard InChI is InChI=1S/C17H13ClN2O4/c1-24-20-16(22)11-7-3-2-6-10(11)14(17(20)23)15(21)19-13-9-5-4-8-12(13)18/h2-9,23H,1H3,(H,19,21). The minimum atomic E-state index is -0.609. The van der Waals surface area contributed by atoms with Gasteiger partial charge >= 0.3 is 0 Å². The third-order valence-electron chi connectivity index (χ3n) is 3.56. The van der Waals surface area contributed by atoms with Crippen molar-refractivity contribution in [2.45, 2.75) is 0 Å². The molecule has 0 fully saturated rings. The van der Waals surface area contributed by atoms with Gasteiger partial charge in [0.25, 0.3) is 11.5 Å². The number of nitrogens with one attached hydrogen (secondary N) is 1. The van der Waals surface area contributed by atoms with Gasteiger partial charge in [0.2, 0.25) is 5.88 Å². The molecule has 2 aromatic carbocycles. The van der Waals surface area contributed by atoms with Crippen LogP contribution in [-0.2, 0) is 0 Å². The second-order valence-corrected chi connectivity index (χ2v) is 5.37. The van der Waals surface area contributed by atoms with Crippen LogP contribution >= 0.6 is 11.6 Å². The van der Waals surface area contributed by atoms with Crippen molar-refractivity contribution in [1.29, 1.82) is 0 Å². The molecule has 0 spiro atoms. The maximum atomic E-state index is 12.7. The fourth-order valence-electron chi connectivity index (χ4n) is 2.46. The molecule has 0 aliphatic rings. The van der Waals surface area contributed by atoms with Crippen molar-refractivity contribution in [2.75, 3.05) is 12.4 Å². The number of carbonyl (C=O) groups excluding carboxylic acids is 1. The van der Waals surface area contributed by atoms with Crippen molar-refractivity contribution in [3.05, 3.63) is 69.5 Å². The lowest BCUT2D eigenvalue weighted by atomic mass is 10.1. The van der Waals surface area contributed by atoms with E-state index in [4.69, 9.17) is 16.4 Å². The molecule has 1 heterocycles. The smallest absolute Gasteiger partial charge is 0.294 e. The van der Waals surface area contributed by atoms with E-state index in [1.54, 1.807) is 48.5 Å². The van der Waals surface area contributed by atoms with Crippen LogP contribution in [-0.4, -0.2) is 22.9 Å². The van der Waals surface area contributed by atoms with Gasteiger partial charge in [-0.25, -0.2) is 0 Å². The van der Waals surface area contributed by atoms with Crippen LogP contribution in [0.4, 0.5) is 5.69 Å². The maximum absolute atomic E-state index is 12.7. The molecule has 122 valence electrons. The number of amides is 1. The summed E-state index contributed by atoms with van der Waals surface area (Å²) >= 11 is 6.04. The highest BCUT2D eigenvalue weighted by atomic mass is 35.5. The molecular formula is C17H13ClN2O4. The first-order valence-electron chi connectivity index (χ1n) is 7.01. The van der Waals surface area contributed by atoms with Crippen LogP contribution < -0.4 is 15.7 Å². The maximum Gasteiger partial charge on any atom is 0.294 e. The Morgan fingerprint density at radius 1 is 1.12 bits per heavy atom. The first-order valence-corrected chi connectivity index (χ1v) is 7.39. The van der Waals surface area contributed by atoms with Gasteiger partial charge in [0, 0.05) is 5.39 Å². The number of carbonyl (C=O) groups is 1. The molecule has 24 heavy (non-hydrogen) atoms. The molecule has 3 aromatic rings. The van der Waals surface area contributed by atoms with Gasteiger partial charge in [-0.15, -0.1) is 4.73 Å². The summed E-state index contributed by atoms with van der Waals surface area (Å²) in [6.45, 7) is 0. The van der Waals surface area contributed by atoms with Crippen molar-refractivity contribution in [2.24, 2.45) is 0 Å². The summed E-state index contributed by atoms with van der Waals surface area (Å²) in [6.07, 6.45) is 0. The lowest BCUT2D eigenvalue weighted by Gasteiger charge is -2.14. The molecule has 1 amide bonds. The predicted molar refractivity (Wildman–Crippen MR) is 91.8 cm³/mol. The Labute approximate surface area is 141 Å². The molecular weight excluding hydrogens is 332 g/mol. The van der Waals surface area contributed by atoms with Crippen LogP contribution in [0.1, 0.15) is 10.4 Å². The molecule has 0 radical (unpaired) electrons. The number of anilines is 1. The van der Waals surface area contributed by atoms with E-state index in [0.717, 1.165) is 0 Å². The largest absolute Gasteiger partial charge is 0.492 e. The molecule has 0 bridgehead atoms. The van der Waals surface area contributed by atoms with Gasteiger partial charge in [0.1, 0.15) is 12.7 Å². The third kappa shape index (κ3) is 2.57. The van der Waals surface area contributed by atoms with Gasteiger partial charge < -0.3 is 15.3 Å². The topological polar surface area (TPSA) is 80.6 Å². The molecule has 2 N–H and O–H groups in total. The summed E-state index contributed by atoms with van der Waals surface area (Å²) in [6, 6.07) is 13.2. The van der Waals surface area contributed by atoms with E-state index in [-0.39, 0.29) is 10.9 Å². The van der Waals surface area contributed by atoms with Crippen LogP contribution in [0.2, 0.25) is 5.02 Å². The van der Waals surface area contributed by atoms with E-state index in [9.17, 15) is 14.7 Å². The predicted octanol–water partition coefficient (Wildman–Crippen LogP) is 2.67. The van der Waals surface area contributed by atoms with Gasteiger partial charge in [0.15, 0.2) is 0 Å². The quantitative estimate of drug-likeness (QED) is 0.765. The fraction of sp³-hybridized carbons (Fsp3) is 0.0588. The highest BCUT2D eigenvalue weighted by Gasteiger charge is 2.22. The van der Waals surface area contributed by atoms with Crippen molar-refractivity contribution >= 4 is 34.0 Å². The number of para-hydroxylation sites is 1. The van der Waals surface area contributed by atoms with Crippen molar-refractivity contribution < 1.29 is 14.7 Å². The molecule has 0 saturated heterocycles. The monoisotopic (exact) mass is 344 g/mol.